The van der Waals surface area contributed by atoms with Gasteiger partial charge in [0.2, 0.25) is 0 Å². The monoisotopic (exact) mass is 339 g/mol. The van der Waals surface area contributed by atoms with Gasteiger partial charge in [0, 0.05) is 5.56 Å². The number of pyridine rings is 1. The summed E-state index contributed by atoms with van der Waals surface area (Å²) in [7, 11) is 0. The van der Waals surface area contributed by atoms with Crippen molar-refractivity contribution in [1.29, 1.82) is 0 Å². The van der Waals surface area contributed by atoms with Crippen molar-refractivity contribution >= 4 is 34.8 Å². The number of aromatic nitrogens is 1. The van der Waals surface area contributed by atoms with Gasteiger partial charge in [-0.15, -0.1) is 0 Å². The van der Waals surface area contributed by atoms with Crippen molar-refractivity contribution in [1.82, 2.24) is 4.98 Å². The summed E-state index contributed by atoms with van der Waals surface area (Å²) in [5.41, 5.74) is 0.441. The summed E-state index contributed by atoms with van der Waals surface area (Å²) in [6.45, 7) is 1.55. The minimum Gasteiger partial charge on any atom is -0.233 e. The van der Waals surface area contributed by atoms with E-state index in [1.165, 1.54) is 12.1 Å². The van der Waals surface area contributed by atoms with E-state index >= 15 is 0 Å². The van der Waals surface area contributed by atoms with Gasteiger partial charge in [0.15, 0.2) is 0 Å². The molecule has 0 fully saturated rings. The number of alkyl halides is 3. The summed E-state index contributed by atoms with van der Waals surface area (Å²) in [5.74, 6) is 0. The van der Waals surface area contributed by atoms with Gasteiger partial charge in [-0.3, -0.25) is 0 Å². The molecule has 106 valence electrons. The highest BCUT2D eigenvalue weighted by atomic mass is 35.5. The van der Waals surface area contributed by atoms with Gasteiger partial charge in [0.1, 0.15) is 5.15 Å². The van der Waals surface area contributed by atoms with Crippen molar-refractivity contribution in [3.63, 3.8) is 0 Å². The maximum atomic E-state index is 12.6. The normalized spacial score (nSPS) is 11.8. The van der Waals surface area contributed by atoms with Crippen LogP contribution in [-0.4, -0.2) is 4.98 Å². The largest absolute Gasteiger partial charge is 0.416 e. The molecule has 1 nitrogen and oxygen atoms in total. The molecule has 7 heteroatoms. The van der Waals surface area contributed by atoms with Crippen LogP contribution in [0.15, 0.2) is 24.3 Å². The van der Waals surface area contributed by atoms with Crippen molar-refractivity contribution < 1.29 is 13.2 Å². The fraction of sp³-hybridized carbons (Fsp3) is 0.154. The van der Waals surface area contributed by atoms with E-state index in [2.05, 4.69) is 4.98 Å². The molecule has 0 saturated heterocycles. The second-order valence-electron chi connectivity index (χ2n) is 4.12. The van der Waals surface area contributed by atoms with Crippen molar-refractivity contribution in [2.45, 2.75) is 13.1 Å². The number of aryl methyl sites for hydroxylation is 1. The molecule has 1 heterocycles. The first-order valence-corrected chi connectivity index (χ1v) is 6.53. The zero-order valence-corrected chi connectivity index (χ0v) is 12.3. The summed E-state index contributed by atoms with van der Waals surface area (Å²) in [4.78, 5) is 4.02. The minimum atomic E-state index is -4.39. The molecule has 1 aromatic heterocycles. The molecule has 0 aliphatic rings. The van der Waals surface area contributed by atoms with Gasteiger partial charge in [0.25, 0.3) is 0 Å². The lowest BCUT2D eigenvalue weighted by atomic mass is 10.0. The first kappa shape index (κ1) is 15.4. The molecule has 0 unspecified atom stereocenters. The molecule has 0 atom stereocenters. The summed E-state index contributed by atoms with van der Waals surface area (Å²) in [6.07, 6.45) is -4.39. The Morgan fingerprint density at radius 1 is 1.00 bits per heavy atom. The molecule has 1 aromatic carbocycles. The van der Waals surface area contributed by atoms with Crippen LogP contribution in [0.3, 0.4) is 0 Å². The Morgan fingerprint density at radius 2 is 1.65 bits per heavy atom. The quantitative estimate of drug-likeness (QED) is 0.577. The van der Waals surface area contributed by atoms with E-state index in [9.17, 15) is 13.2 Å². The van der Waals surface area contributed by atoms with Crippen LogP contribution in [0.4, 0.5) is 13.2 Å². The van der Waals surface area contributed by atoms with Crippen molar-refractivity contribution in [2.24, 2.45) is 0 Å². The Bertz CT molecular complexity index is 669. The Kier molecular flexibility index (Phi) is 4.19. The molecule has 2 rings (SSSR count). The topological polar surface area (TPSA) is 12.9 Å². The van der Waals surface area contributed by atoms with Gasteiger partial charge in [-0.2, -0.15) is 13.2 Å². The maximum Gasteiger partial charge on any atom is 0.416 e. The molecule has 20 heavy (non-hydrogen) atoms. The number of hydrogen-bond acceptors (Lipinski definition) is 1. The van der Waals surface area contributed by atoms with Crippen LogP contribution in [0.1, 0.15) is 11.1 Å². The molecule has 2 aromatic rings. The van der Waals surface area contributed by atoms with E-state index in [1.54, 1.807) is 6.92 Å². The second-order valence-corrected chi connectivity index (χ2v) is 5.29. The Balaban J connectivity index is 2.57. The van der Waals surface area contributed by atoms with Gasteiger partial charge in [-0.1, -0.05) is 40.9 Å². The van der Waals surface area contributed by atoms with E-state index in [0.717, 1.165) is 12.1 Å². The van der Waals surface area contributed by atoms with Crippen molar-refractivity contribution in [3.8, 4) is 11.3 Å². The van der Waals surface area contributed by atoms with Crippen LogP contribution in [-0.2, 0) is 6.18 Å². The summed E-state index contributed by atoms with van der Waals surface area (Å²) >= 11 is 17.6. The third kappa shape index (κ3) is 3.03. The number of rotatable bonds is 1. The van der Waals surface area contributed by atoms with Crippen LogP contribution in [0, 0.1) is 6.92 Å². The molecule has 0 spiro atoms. The average Bonchev–Trinajstić information content (AvgIpc) is 2.33. The Labute approximate surface area is 128 Å². The lowest BCUT2D eigenvalue weighted by molar-refractivity contribution is -0.137. The molecule has 0 radical (unpaired) electrons. The van der Waals surface area contributed by atoms with Gasteiger partial charge in [0.05, 0.1) is 21.3 Å². The molecular weight excluding hydrogens is 334 g/mol. The number of benzene rings is 1. The number of halogens is 6. The molecule has 0 aliphatic heterocycles. The van der Waals surface area contributed by atoms with Crippen LogP contribution in [0.5, 0.6) is 0 Å². The summed E-state index contributed by atoms with van der Waals surface area (Å²) in [5, 5.41) is 0.456. The van der Waals surface area contributed by atoms with Crippen LogP contribution >= 0.6 is 34.8 Å². The Hall–Kier alpha value is -0.970. The van der Waals surface area contributed by atoms with Gasteiger partial charge in [-0.25, -0.2) is 4.98 Å². The zero-order chi connectivity index (χ0) is 15.1. The van der Waals surface area contributed by atoms with E-state index in [-0.39, 0.29) is 15.2 Å². The van der Waals surface area contributed by atoms with E-state index in [0.29, 0.717) is 16.8 Å². The first-order valence-electron chi connectivity index (χ1n) is 5.40. The van der Waals surface area contributed by atoms with Crippen LogP contribution in [0.25, 0.3) is 11.3 Å². The lowest BCUT2D eigenvalue weighted by Gasteiger charge is -2.12. The molecule has 0 amide bonds. The van der Waals surface area contributed by atoms with Crippen molar-refractivity contribution in [2.75, 3.05) is 0 Å². The third-order valence-corrected chi connectivity index (χ3v) is 3.66. The van der Waals surface area contributed by atoms with E-state index in [1.807, 2.05) is 0 Å². The standard InChI is InChI=1S/C13H7Cl3F3N/c1-6-4-7(13(17,18)19)2-3-8(6)11-9(14)5-10(15)12(16)20-11/h2-5H,1H3. The first-order chi connectivity index (χ1) is 9.20. The molecule has 0 bridgehead atoms. The van der Waals surface area contributed by atoms with E-state index in [4.69, 9.17) is 34.8 Å². The molecule has 0 saturated carbocycles. The minimum absolute atomic E-state index is 0.0466. The summed E-state index contributed by atoms with van der Waals surface area (Å²) in [6, 6.07) is 4.74. The molecule has 0 aliphatic carbocycles. The van der Waals surface area contributed by atoms with Crippen molar-refractivity contribution in [3.05, 3.63) is 50.6 Å². The average molecular weight is 341 g/mol. The van der Waals surface area contributed by atoms with Crippen LogP contribution in [0.2, 0.25) is 15.2 Å². The smallest absolute Gasteiger partial charge is 0.233 e. The zero-order valence-electron chi connectivity index (χ0n) is 10.0. The fourth-order valence-corrected chi connectivity index (χ4v) is 2.34. The summed E-state index contributed by atoms with van der Waals surface area (Å²) < 4.78 is 37.9. The number of hydrogen-bond donors (Lipinski definition) is 0. The number of nitrogens with zero attached hydrogens (tertiary/aromatic N) is 1. The fourth-order valence-electron chi connectivity index (χ4n) is 1.74. The van der Waals surface area contributed by atoms with Gasteiger partial charge in [-0.05, 0) is 30.7 Å². The Morgan fingerprint density at radius 3 is 2.20 bits per heavy atom. The predicted octanol–water partition coefficient (Wildman–Crippen LogP) is 6.04. The highest BCUT2D eigenvalue weighted by Gasteiger charge is 2.30. The highest BCUT2D eigenvalue weighted by molar-refractivity contribution is 6.43. The SMILES string of the molecule is Cc1cc(C(F)(F)F)ccc1-c1nc(Cl)c(Cl)cc1Cl. The maximum absolute atomic E-state index is 12.6. The lowest BCUT2D eigenvalue weighted by Crippen LogP contribution is -2.05. The van der Waals surface area contributed by atoms with Gasteiger partial charge < -0.3 is 0 Å². The molecule has 0 N–H and O–H groups in total. The predicted molar refractivity (Wildman–Crippen MR) is 74.4 cm³/mol. The van der Waals surface area contributed by atoms with Crippen LogP contribution < -0.4 is 0 Å². The molecular formula is C13H7Cl3F3N. The third-order valence-electron chi connectivity index (χ3n) is 2.70. The highest BCUT2D eigenvalue weighted by Crippen LogP contribution is 2.36. The second kappa shape index (κ2) is 5.43. The van der Waals surface area contributed by atoms with E-state index < -0.39 is 11.7 Å². The van der Waals surface area contributed by atoms with Gasteiger partial charge >= 0.3 is 6.18 Å².